The van der Waals surface area contributed by atoms with E-state index in [4.69, 9.17) is 24.2 Å². The molecule has 2 aliphatic rings. The molecular weight excluding hydrogens is 773 g/mol. The van der Waals surface area contributed by atoms with Crippen LogP contribution in [0.4, 0.5) is 9.59 Å². The Kier molecular flexibility index (Phi) is 13.1. The third-order valence-corrected chi connectivity index (χ3v) is 11.6. The maximum atomic E-state index is 14.0. The first-order chi connectivity index (χ1) is 28.6. The molecule has 5 aromatic rings. The van der Waals surface area contributed by atoms with Gasteiger partial charge in [-0.25, -0.2) is 19.6 Å². The zero-order chi connectivity index (χ0) is 41.6. The number of aromatic amines is 2. The van der Waals surface area contributed by atoms with Gasteiger partial charge in [0.1, 0.15) is 23.7 Å². The third-order valence-electron chi connectivity index (χ3n) is 11.4. The molecule has 312 valence electrons. The first kappa shape index (κ1) is 41.5. The Labute approximate surface area is 348 Å². The average molecular weight is 825 g/mol. The molecule has 2 aromatic heterocycles. The Morgan fingerprint density at radius 2 is 1.64 bits per heavy atom. The Balaban J connectivity index is 1.05. The van der Waals surface area contributed by atoms with E-state index in [9.17, 15) is 19.2 Å². The van der Waals surface area contributed by atoms with Gasteiger partial charge < -0.3 is 44.6 Å². The number of likely N-dealkylation sites (tertiary alicyclic amines) is 1. The van der Waals surface area contributed by atoms with Gasteiger partial charge in [0.25, 0.3) is 0 Å². The van der Waals surface area contributed by atoms with Crippen molar-refractivity contribution in [2.75, 3.05) is 46.3 Å². The first-order valence-corrected chi connectivity index (χ1v) is 20.8. The number of imidazole rings is 2. The van der Waals surface area contributed by atoms with E-state index in [1.54, 1.807) is 4.90 Å². The van der Waals surface area contributed by atoms with Crippen molar-refractivity contribution in [2.45, 2.75) is 64.2 Å². The maximum Gasteiger partial charge on any atom is 0.407 e. The molecule has 4 N–H and O–H groups in total. The van der Waals surface area contributed by atoms with Crippen LogP contribution in [-0.4, -0.2) is 112 Å². The standard InChI is InChI=1S/C43H52N8O7S/c1-25(2)36(48-42(54)56-3)40(52)50(18-21-59)24-35-45-32-14-12-30-22-29(11-13-31(30)38(32)47-35)26-7-9-27(10-8-26)33-23-44-39(46-33)34-6-5-17-51(34)41(53)37(49-43(55)57-4)28-15-19-58-20-16-28/h7-14,22-23,25,28,34,36-37,59H,5-6,15-21,24H2,1-4H3,(H,44,46)(H,45,47)(H,48,54)(H,49,55)/t34-,36-,37?/m0/s1. The van der Waals surface area contributed by atoms with Gasteiger partial charge in [-0.3, -0.25) is 9.59 Å². The van der Waals surface area contributed by atoms with Crippen molar-refractivity contribution in [3.8, 4) is 22.4 Å². The molecular formula is C43H52N8O7S. The maximum absolute atomic E-state index is 14.0. The molecule has 0 bridgehead atoms. The van der Waals surface area contributed by atoms with E-state index in [0.717, 1.165) is 62.9 Å². The lowest BCUT2D eigenvalue weighted by molar-refractivity contribution is -0.137. The van der Waals surface area contributed by atoms with E-state index in [0.29, 0.717) is 50.7 Å². The topological polar surface area (TPSA) is 184 Å². The van der Waals surface area contributed by atoms with Crippen molar-refractivity contribution in [3.05, 3.63) is 72.4 Å². The van der Waals surface area contributed by atoms with Crippen molar-refractivity contribution >= 4 is 58.4 Å². The molecule has 3 aromatic carbocycles. The van der Waals surface area contributed by atoms with Crippen LogP contribution in [0.25, 0.3) is 44.2 Å². The normalized spacial score (nSPS) is 16.9. The molecule has 3 atom stereocenters. The fraction of sp³-hybridized carbons (Fsp3) is 0.442. The number of carbonyl (C=O) groups excluding carboxylic acids is 4. The fourth-order valence-electron chi connectivity index (χ4n) is 8.18. The summed E-state index contributed by atoms with van der Waals surface area (Å²) in [6, 6.07) is 16.9. The van der Waals surface area contributed by atoms with Crippen LogP contribution in [0.15, 0.2) is 60.8 Å². The number of nitrogens with one attached hydrogen (secondary N) is 4. The molecule has 0 radical (unpaired) electrons. The molecule has 4 heterocycles. The Morgan fingerprint density at radius 1 is 0.932 bits per heavy atom. The van der Waals surface area contributed by atoms with Crippen LogP contribution in [0.5, 0.6) is 0 Å². The summed E-state index contributed by atoms with van der Waals surface area (Å²) in [5, 5.41) is 7.52. The summed E-state index contributed by atoms with van der Waals surface area (Å²) in [6.45, 7) is 6.05. The first-order valence-electron chi connectivity index (χ1n) is 20.1. The highest BCUT2D eigenvalue weighted by molar-refractivity contribution is 7.80. The van der Waals surface area contributed by atoms with E-state index in [-0.39, 0.29) is 36.2 Å². The zero-order valence-electron chi connectivity index (χ0n) is 33.8. The molecule has 16 heteroatoms. The molecule has 0 spiro atoms. The second-order valence-corrected chi connectivity index (χ2v) is 15.9. The highest BCUT2D eigenvalue weighted by Crippen LogP contribution is 2.35. The number of carbonyl (C=O) groups is 4. The van der Waals surface area contributed by atoms with Gasteiger partial charge >= 0.3 is 12.2 Å². The minimum absolute atomic E-state index is 0.0323. The van der Waals surface area contributed by atoms with Crippen molar-refractivity contribution < 1.29 is 33.4 Å². The summed E-state index contributed by atoms with van der Waals surface area (Å²) in [4.78, 5) is 71.7. The molecule has 0 aliphatic carbocycles. The van der Waals surface area contributed by atoms with Gasteiger partial charge in [-0.1, -0.05) is 56.3 Å². The lowest BCUT2D eigenvalue weighted by Crippen LogP contribution is -2.53. The third kappa shape index (κ3) is 9.18. The Bertz CT molecular complexity index is 2290. The number of fused-ring (bicyclic) bond motifs is 3. The van der Waals surface area contributed by atoms with E-state index < -0.39 is 24.3 Å². The molecule has 15 nitrogen and oxygen atoms in total. The van der Waals surface area contributed by atoms with Gasteiger partial charge in [0.2, 0.25) is 11.8 Å². The van der Waals surface area contributed by atoms with Gasteiger partial charge in [0.05, 0.1) is 49.7 Å². The number of rotatable bonds is 13. The monoisotopic (exact) mass is 824 g/mol. The fourth-order valence-corrected chi connectivity index (χ4v) is 8.43. The van der Waals surface area contributed by atoms with E-state index in [1.165, 1.54) is 14.2 Å². The van der Waals surface area contributed by atoms with Crippen LogP contribution in [0.2, 0.25) is 0 Å². The smallest absolute Gasteiger partial charge is 0.407 e. The number of benzene rings is 3. The quantitative estimate of drug-likeness (QED) is 0.0860. The predicted octanol–water partition coefficient (Wildman–Crippen LogP) is 6.23. The molecule has 0 saturated carbocycles. The molecule has 7 rings (SSSR count). The van der Waals surface area contributed by atoms with Gasteiger partial charge in [-0.2, -0.15) is 12.6 Å². The van der Waals surface area contributed by atoms with Gasteiger partial charge in [-0.05, 0) is 71.7 Å². The molecule has 1 unspecified atom stereocenters. The Hall–Kier alpha value is -5.61. The summed E-state index contributed by atoms with van der Waals surface area (Å²) in [6.07, 6.45) is 3.52. The predicted molar refractivity (Wildman–Crippen MR) is 227 cm³/mol. The van der Waals surface area contributed by atoms with Crippen LogP contribution < -0.4 is 10.6 Å². The summed E-state index contributed by atoms with van der Waals surface area (Å²) >= 11 is 4.38. The Morgan fingerprint density at radius 3 is 2.36 bits per heavy atom. The number of alkyl carbamates (subject to hydrolysis) is 2. The lowest BCUT2D eigenvalue weighted by atomic mass is 9.90. The number of hydrogen-bond acceptors (Lipinski definition) is 10. The lowest BCUT2D eigenvalue weighted by Gasteiger charge is -2.34. The molecule has 2 aliphatic heterocycles. The van der Waals surface area contributed by atoms with Crippen molar-refractivity contribution in [3.63, 3.8) is 0 Å². The average Bonchev–Trinajstić information content (AvgIpc) is 4.04. The number of hydrogen-bond donors (Lipinski definition) is 5. The molecule has 2 saturated heterocycles. The van der Waals surface area contributed by atoms with Crippen LogP contribution in [0.1, 0.15) is 57.2 Å². The molecule has 59 heavy (non-hydrogen) atoms. The molecule has 4 amide bonds. The van der Waals surface area contributed by atoms with Crippen LogP contribution in [0, 0.1) is 11.8 Å². The number of ether oxygens (including phenoxy) is 3. The SMILES string of the molecule is COC(=O)NC(C(=O)N1CCC[C@H]1c1ncc(-c2ccc(-c3ccc4c(ccc5nc(CN(CCS)C(=O)[C@@H](NC(=O)OC)C(C)C)[nH]c54)c3)cc2)[nH]1)C1CCOCC1. The van der Waals surface area contributed by atoms with Crippen LogP contribution in [0.3, 0.4) is 0 Å². The van der Waals surface area contributed by atoms with E-state index in [2.05, 4.69) is 75.7 Å². The van der Waals surface area contributed by atoms with E-state index >= 15 is 0 Å². The van der Waals surface area contributed by atoms with Crippen molar-refractivity contribution in [2.24, 2.45) is 11.8 Å². The summed E-state index contributed by atoms with van der Waals surface area (Å²) in [5.74, 6) is 1.26. The zero-order valence-corrected chi connectivity index (χ0v) is 34.7. The van der Waals surface area contributed by atoms with Gasteiger partial charge in [-0.15, -0.1) is 0 Å². The summed E-state index contributed by atoms with van der Waals surface area (Å²) in [7, 11) is 2.58. The van der Waals surface area contributed by atoms with Gasteiger partial charge in [0, 0.05) is 37.4 Å². The number of nitrogens with zero attached hydrogens (tertiary/aromatic N) is 4. The number of thiol groups is 1. The number of aromatic nitrogens is 4. The van der Waals surface area contributed by atoms with Crippen LogP contribution in [-0.2, 0) is 30.3 Å². The largest absolute Gasteiger partial charge is 0.453 e. The van der Waals surface area contributed by atoms with Gasteiger partial charge in [0.15, 0.2) is 0 Å². The van der Waals surface area contributed by atoms with Crippen molar-refractivity contribution in [1.82, 2.24) is 40.4 Å². The highest BCUT2D eigenvalue weighted by atomic mass is 32.1. The second-order valence-electron chi connectivity index (χ2n) is 15.4. The second kappa shape index (κ2) is 18.5. The minimum atomic E-state index is -0.753. The number of H-pyrrole nitrogens is 2. The summed E-state index contributed by atoms with van der Waals surface area (Å²) in [5.41, 5.74) is 5.58. The minimum Gasteiger partial charge on any atom is -0.453 e. The summed E-state index contributed by atoms with van der Waals surface area (Å²) < 4.78 is 15.1. The number of methoxy groups -OCH3 is 2. The highest BCUT2D eigenvalue weighted by Gasteiger charge is 2.40. The van der Waals surface area contributed by atoms with Crippen molar-refractivity contribution in [1.29, 1.82) is 0 Å². The van der Waals surface area contributed by atoms with E-state index in [1.807, 2.05) is 37.1 Å². The number of amides is 4. The molecule has 2 fully saturated rings. The van der Waals surface area contributed by atoms with Crippen LogP contribution >= 0.6 is 12.6 Å².